The molecule has 2 aromatic rings. The molecule has 0 unspecified atom stereocenters. The zero-order valence-electron chi connectivity index (χ0n) is 8.51. The van der Waals surface area contributed by atoms with E-state index in [2.05, 4.69) is 21.0 Å². The summed E-state index contributed by atoms with van der Waals surface area (Å²) in [6, 6.07) is 9.17. The van der Waals surface area contributed by atoms with Crippen LogP contribution in [0, 0.1) is 6.92 Å². The van der Waals surface area contributed by atoms with E-state index >= 15 is 0 Å². The van der Waals surface area contributed by atoms with Crippen LogP contribution in [0.15, 0.2) is 34.8 Å². The van der Waals surface area contributed by atoms with Crippen molar-refractivity contribution in [3.05, 3.63) is 46.2 Å². The number of carbonyl (C=O) groups is 1. The fraction of sp³-hybridized carbons (Fsp3) is 0.0909. The molecule has 0 spiro atoms. The monoisotopic (exact) mass is 280 g/mol. The van der Waals surface area contributed by atoms with Gasteiger partial charge in [-0.25, -0.2) is 9.48 Å². The molecular formula is C11H9BrN2O2. The van der Waals surface area contributed by atoms with E-state index in [4.69, 9.17) is 5.11 Å². The van der Waals surface area contributed by atoms with Crippen LogP contribution in [0.2, 0.25) is 0 Å². The molecule has 0 fully saturated rings. The van der Waals surface area contributed by atoms with Gasteiger partial charge >= 0.3 is 5.97 Å². The maximum atomic E-state index is 11.1. The van der Waals surface area contributed by atoms with Gasteiger partial charge in [-0.2, -0.15) is 5.10 Å². The first-order valence-electron chi connectivity index (χ1n) is 4.65. The number of aromatic nitrogens is 2. The molecule has 2 rings (SSSR count). The van der Waals surface area contributed by atoms with Crippen molar-refractivity contribution in [1.82, 2.24) is 9.78 Å². The molecule has 0 amide bonds. The normalized spacial score (nSPS) is 10.4. The van der Waals surface area contributed by atoms with E-state index in [9.17, 15) is 4.79 Å². The fourth-order valence-corrected chi connectivity index (χ4v) is 1.87. The number of nitrogens with zero attached hydrogens (tertiary/aromatic N) is 2. The van der Waals surface area contributed by atoms with Gasteiger partial charge in [0.15, 0.2) is 5.69 Å². The highest BCUT2D eigenvalue weighted by Crippen LogP contribution is 2.23. The van der Waals surface area contributed by atoms with Crippen molar-refractivity contribution in [2.75, 3.05) is 0 Å². The van der Waals surface area contributed by atoms with Gasteiger partial charge in [0, 0.05) is 0 Å². The number of para-hydroxylation sites is 1. The lowest BCUT2D eigenvalue weighted by atomic mass is 10.3. The summed E-state index contributed by atoms with van der Waals surface area (Å²) in [5, 5.41) is 13.3. The second-order valence-corrected chi connectivity index (χ2v) is 4.09. The highest BCUT2D eigenvalue weighted by atomic mass is 79.9. The molecule has 1 N–H and O–H groups in total. The van der Waals surface area contributed by atoms with Crippen molar-refractivity contribution in [2.24, 2.45) is 0 Å². The van der Waals surface area contributed by atoms with Gasteiger partial charge in [0.1, 0.15) is 0 Å². The van der Waals surface area contributed by atoms with Crippen LogP contribution in [0.5, 0.6) is 0 Å². The molecule has 0 saturated carbocycles. The van der Waals surface area contributed by atoms with Crippen molar-refractivity contribution < 1.29 is 9.90 Å². The molecule has 1 heterocycles. The van der Waals surface area contributed by atoms with Crippen LogP contribution in [0.1, 0.15) is 16.2 Å². The molecular weight excluding hydrogens is 272 g/mol. The van der Waals surface area contributed by atoms with Gasteiger partial charge in [0.05, 0.1) is 15.9 Å². The standard InChI is InChI=1S/C11H9BrN2O2/c1-7-9(12)10(11(15)16)14(13-7)8-5-3-2-4-6-8/h2-6H,1H3,(H,15,16). The lowest BCUT2D eigenvalue weighted by Crippen LogP contribution is -2.08. The number of halogens is 1. The maximum absolute atomic E-state index is 11.1. The van der Waals surface area contributed by atoms with Crippen LogP contribution in [-0.2, 0) is 0 Å². The smallest absolute Gasteiger partial charge is 0.355 e. The van der Waals surface area contributed by atoms with Gasteiger partial charge in [-0.3, -0.25) is 0 Å². The number of rotatable bonds is 2. The summed E-state index contributed by atoms with van der Waals surface area (Å²) < 4.78 is 1.94. The Labute approximate surface area is 101 Å². The fourth-order valence-electron chi connectivity index (χ4n) is 1.45. The molecule has 0 aliphatic heterocycles. The Hall–Kier alpha value is -1.62. The molecule has 1 aromatic heterocycles. The van der Waals surface area contributed by atoms with Crippen molar-refractivity contribution in [3.63, 3.8) is 0 Å². The van der Waals surface area contributed by atoms with Crippen LogP contribution in [-0.4, -0.2) is 20.9 Å². The number of aryl methyl sites for hydroxylation is 1. The minimum atomic E-state index is -1.00. The summed E-state index contributed by atoms with van der Waals surface area (Å²) in [5.41, 5.74) is 1.53. The molecule has 0 aliphatic carbocycles. The van der Waals surface area contributed by atoms with Crippen LogP contribution in [0.25, 0.3) is 5.69 Å². The number of hydrogen-bond acceptors (Lipinski definition) is 2. The number of hydrogen-bond donors (Lipinski definition) is 1. The molecule has 82 valence electrons. The average Bonchev–Trinajstić information content (AvgIpc) is 2.57. The third-order valence-corrected chi connectivity index (χ3v) is 3.14. The Kier molecular flexibility index (Phi) is 2.78. The van der Waals surface area contributed by atoms with E-state index in [1.807, 2.05) is 30.3 Å². The topological polar surface area (TPSA) is 55.1 Å². The molecule has 0 aliphatic rings. The second kappa shape index (κ2) is 4.09. The molecule has 1 aromatic carbocycles. The summed E-state index contributed by atoms with van der Waals surface area (Å²) in [7, 11) is 0. The Balaban J connectivity index is 2.66. The molecule has 4 nitrogen and oxygen atoms in total. The summed E-state index contributed by atoms with van der Waals surface area (Å²) >= 11 is 3.23. The highest BCUT2D eigenvalue weighted by molar-refractivity contribution is 9.10. The summed E-state index contributed by atoms with van der Waals surface area (Å²) in [4.78, 5) is 11.1. The van der Waals surface area contributed by atoms with E-state index in [1.165, 1.54) is 4.68 Å². The second-order valence-electron chi connectivity index (χ2n) is 3.30. The van der Waals surface area contributed by atoms with Crippen molar-refractivity contribution in [1.29, 1.82) is 0 Å². The minimum Gasteiger partial charge on any atom is -0.476 e. The summed E-state index contributed by atoms with van der Waals surface area (Å²) in [6.07, 6.45) is 0. The molecule has 0 radical (unpaired) electrons. The maximum Gasteiger partial charge on any atom is 0.355 e. The first-order valence-corrected chi connectivity index (χ1v) is 5.44. The zero-order chi connectivity index (χ0) is 11.7. The van der Waals surface area contributed by atoms with Crippen LogP contribution in [0.3, 0.4) is 0 Å². The number of aromatic carboxylic acids is 1. The van der Waals surface area contributed by atoms with Gasteiger partial charge in [0.25, 0.3) is 0 Å². The van der Waals surface area contributed by atoms with E-state index in [-0.39, 0.29) is 5.69 Å². The number of carboxylic acid groups (broad SMARTS) is 1. The van der Waals surface area contributed by atoms with E-state index < -0.39 is 5.97 Å². The van der Waals surface area contributed by atoms with E-state index in [1.54, 1.807) is 6.92 Å². The van der Waals surface area contributed by atoms with E-state index in [0.29, 0.717) is 10.2 Å². The summed E-state index contributed by atoms with van der Waals surface area (Å²) in [5.74, 6) is -1.00. The summed E-state index contributed by atoms with van der Waals surface area (Å²) in [6.45, 7) is 1.76. The van der Waals surface area contributed by atoms with Gasteiger partial charge in [0.2, 0.25) is 0 Å². The highest BCUT2D eigenvalue weighted by Gasteiger charge is 2.19. The molecule has 5 heteroatoms. The Morgan fingerprint density at radius 1 is 1.38 bits per heavy atom. The van der Waals surface area contributed by atoms with Crippen LogP contribution >= 0.6 is 15.9 Å². The number of carboxylic acids is 1. The lowest BCUT2D eigenvalue weighted by molar-refractivity contribution is 0.0686. The first kappa shape index (κ1) is 10.9. The zero-order valence-corrected chi connectivity index (χ0v) is 10.1. The largest absolute Gasteiger partial charge is 0.476 e. The predicted octanol–water partition coefficient (Wildman–Crippen LogP) is 2.64. The van der Waals surface area contributed by atoms with Crippen molar-refractivity contribution in [3.8, 4) is 5.69 Å². The Bertz CT molecular complexity index is 534. The Morgan fingerprint density at radius 2 is 2.00 bits per heavy atom. The molecule has 16 heavy (non-hydrogen) atoms. The van der Waals surface area contributed by atoms with Crippen molar-refractivity contribution >= 4 is 21.9 Å². The van der Waals surface area contributed by atoms with Gasteiger partial charge in [-0.05, 0) is 35.0 Å². The third kappa shape index (κ3) is 1.74. The predicted molar refractivity (Wildman–Crippen MR) is 63.0 cm³/mol. The quantitative estimate of drug-likeness (QED) is 0.920. The minimum absolute atomic E-state index is 0.142. The SMILES string of the molecule is Cc1nn(-c2ccccc2)c(C(=O)O)c1Br. The molecule has 0 atom stereocenters. The molecule has 0 bridgehead atoms. The van der Waals surface area contributed by atoms with Gasteiger partial charge in [-0.1, -0.05) is 18.2 Å². The first-order chi connectivity index (χ1) is 7.61. The van der Waals surface area contributed by atoms with Gasteiger partial charge in [-0.15, -0.1) is 0 Å². The number of benzene rings is 1. The third-order valence-electron chi connectivity index (χ3n) is 2.19. The van der Waals surface area contributed by atoms with Crippen molar-refractivity contribution in [2.45, 2.75) is 6.92 Å². The van der Waals surface area contributed by atoms with E-state index in [0.717, 1.165) is 5.69 Å². The lowest BCUT2D eigenvalue weighted by Gasteiger charge is -2.03. The van der Waals surface area contributed by atoms with Gasteiger partial charge < -0.3 is 5.11 Å². The Morgan fingerprint density at radius 3 is 2.56 bits per heavy atom. The average molecular weight is 281 g/mol. The van der Waals surface area contributed by atoms with Crippen LogP contribution < -0.4 is 0 Å². The van der Waals surface area contributed by atoms with Crippen LogP contribution in [0.4, 0.5) is 0 Å². The molecule has 0 saturated heterocycles.